The lowest BCUT2D eigenvalue weighted by atomic mass is 9.98. The molecule has 0 aromatic heterocycles. The molecule has 0 aliphatic carbocycles. The van der Waals surface area contributed by atoms with Crippen molar-refractivity contribution in [1.82, 2.24) is 0 Å². The molecule has 96 valence electrons. The summed E-state index contributed by atoms with van der Waals surface area (Å²) >= 11 is 0. The molecule has 0 spiro atoms. The van der Waals surface area contributed by atoms with Gasteiger partial charge in [-0.25, -0.2) is 14.0 Å². The highest BCUT2D eigenvalue weighted by Crippen LogP contribution is 2.25. The molecule has 0 aliphatic rings. The highest BCUT2D eigenvalue weighted by atomic mass is 19.1. The summed E-state index contributed by atoms with van der Waals surface area (Å²) in [6.45, 7) is 0. The van der Waals surface area contributed by atoms with Crippen LogP contribution in [-0.4, -0.2) is 22.2 Å². The summed E-state index contributed by atoms with van der Waals surface area (Å²) in [6, 6.07) is 8.98. The molecule has 0 fully saturated rings. The Bertz CT molecular complexity index is 664. The maximum atomic E-state index is 13.2. The third-order valence-electron chi connectivity index (χ3n) is 2.63. The number of aromatic carboxylic acids is 2. The Morgan fingerprint density at radius 3 is 2.32 bits per heavy atom. The van der Waals surface area contributed by atoms with Crippen LogP contribution in [0.3, 0.4) is 0 Å². The normalized spacial score (nSPS) is 10.2. The van der Waals surface area contributed by atoms with Gasteiger partial charge in [-0.2, -0.15) is 0 Å². The number of hydrogen-bond donors (Lipinski definition) is 2. The summed E-state index contributed by atoms with van der Waals surface area (Å²) in [5, 5.41) is 18.0. The van der Waals surface area contributed by atoms with E-state index in [1.54, 1.807) is 0 Å². The smallest absolute Gasteiger partial charge is 0.336 e. The average molecular weight is 260 g/mol. The third kappa shape index (κ3) is 2.60. The Hall–Kier alpha value is -2.69. The van der Waals surface area contributed by atoms with Crippen LogP contribution in [0.5, 0.6) is 0 Å². The molecular weight excluding hydrogens is 251 g/mol. The summed E-state index contributed by atoms with van der Waals surface area (Å²) in [6.07, 6.45) is 0. The molecular formula is C14H9FO4. The van der Waals surface area contributed by atoms with Crippen LogP contribution < -0.4 is 0 Å². The van der Waals surface area contributed by atoms with Crippen LogP contribution in [0, 0.1) is 5.82 Å². The first kappa shape index (κ1) is 12.8. The molecule has 19 heavy (non-hydrogen) atoms. The van der Waals surface area contributed by atoms with Crippen LogP contribution in [0.25, 0.3) is 11.1 Å². The van der Waals surface area contributed by atoms with Crippen molar-refractivity contribution < 1.29 is 24.2 Å². The van der Waals surface area contributed by atoms with Gasteiger partial charge in [-0.05, 0) is 41.5 Å². The van der Waals surface area contributed by atoms with Gasteiger partial charge in [0.15, 0.2) is 0 Å². The van der Waals surface area contributed by atoms with Crippen molar-refractivity contribution in [3.63, 3.8) is 0 Å². The number of carbonyl (C=O) groups is 2. The van der Waals surface area contributed by atoms with Crippen molar-refractivity contribution >= 4 is 11.9 Å². The lowest BCUT2D eigenvalue weighted by molar-refractivity contribution is 0.0687. The summed E-state index contributed by atoms with van der Waals surface area (Å²) < 4.78 is 13.2. The highest BCUT2D eigenvalue weighted by Gasteiger charge is 2.14. The fraction of sp³-hybridized carbons (Fsp3) is 0. The maximum absolute atomic E-state index is 13.2. The van der Waals surface area contributed by atoms with Gasteiger partial charge in [0.2, 0.25) is 0 Å². The fourth-order valence-corrected chi connectivity index (χ4v) is 1.76. The predicted molar refractivity (Wildman–Crippen MR) is 65.8 cm³/mol. The van der Waals surface area contributed by atoms with Crippen LogP contribution >= 0.6 is 0 Å². The molecule has 2 aromatic rings. The van der Waals surface area contributed by atoms with Gasteiger partial charge in [0.05, 0.1) is 11.1 Å². The van der Waals surface area contributed by atoms with Gasteiger partial charge < -0.3 is 10.2 Å². The molecule has 0 radical (unpaired) electrons. The number of halogens is 1. The van der Waals surface area contributed by atoms with E-state index in [0.717, 1.165) is 18.2 Å². The van der Waals surface area contributed by atoms with Gasteiger partial charge in [0.25, 0.3) is 0 Å². The van der Waals surface area contributed by atoms with E-state index in [0.29, 0.717) is 5.56 Å². The zero-order chi connectivity index (χ0) is 14.0. The van der Waals surface area contributed by atoms with Gasteiger partial charge in [-0.15, -0.1) is 0 Å². The van der Waals surface area contributed by atoms with E-state index in [1.807, 2.05) is 0 Å². The van der Waals surface area contributed by atoms with E-state index in [9.17, 15) is 14.0 Å². The molecule has 4 nitrogen and oxygen atoms in total. The standard InChI is InChI=1S/C14H9FO4/c15-10-4-5-11(14(18)19)12(7-10)8-2-1-3-9(6-8)13(16)17/h1-7H,(H,16,17)(H,18,19). The minimum Gasteiger partial charge on any atom is -0.478 e. The minimum absolute atomic E-state index is 0.0121. The summed E-state index contributed by atoms with van der Waals surface area (Å²) in [5.74, 6) is -2.91. The number of benzene rings is 2. The molecule has 0 unspecified atom stereocenters. The van der Waals surface area contributed by atoms with Crippen molar-refractivity contribution in [2.75, 3.05) is 0 Å². The van der Waals surface area contributed by atoms with Crippen molar-refractivity contribution in [3.05, 3.63) is 59.4 Å². The Labute approximate surface area is 107 Å². The van der Waals surface area contributed by atoms with E-state index >= 15 is 0 Å². The predicted octanol–water partition coefficient (Wildman–Crippen LogP) is 2.89. The van der Waals surface area contributed by atoms with Crippen LogP contribution in [-0.2, 0) is 0 Å². The first-order valence-corrected chi connectivity index (χ1v) is 5.35. The topological polar surface area (TPSA) is 74.6 Å². The first-order chi connectivity index (χ1) is 8.99. The Morgan fingerprint density at radius 1 is 0.947 bits per heavy atom. The third-order valence-corrected chi connectivity index (χ3v) is 2.63. The van der Waals surface area contributed by atoms with Gasteiger partial charge >= 0.3 is 11.9 Å². The first-order valence-electron chi connectivity index (χ1n) is 5.35. The molecule has 5 heteroatoms. The maximum Gasteiger partial charge on any atom is 0.336 e. The van der Waals surface area contributed by atoms with Crippen molar-refractivity contribution in [2.24, 2.45) is 0 Å². The summed E-state index contributed by atoms with van der Waals surface area (Å²) in [5.41, 5.74) is 0.425. The zero-order valence-corrected chi connectivity index (χ0v) is 9.63. The summed E-state index contributed by atoms with van der Waals surface area (Å²) in [4.78, 5) is 22.0. The Kier molecular flexibility index (Phi) is 3.29. The average Bonchev–Trinajstić information content (AvgIpc) is 2.38. The Balaban J connectivity index is 2.64. The van der Waals surface area contributed by atoms with Crippen LogP contribution in [0.1, 0.15) is 20.7 Å². The number of carboxylic acid groups (broad SMARTS) is 2. The molecule has 0 saturated heterocycles. The van der Waals surface area contributed by atoms with E-state index in [4.69, 9.17) is 10.2 Å². The van der Waals surface area contributed by atoms with Crippen molar-refractivity contribution in [3.8, 4) is 11.1 Å². The minimum atomic E-state index is -1.20. The molecule has 0 bridgehead atoms. The zero-order valence-electron chi connectivity index (χ0n) is 9.63. The van der Waals surface area contributed by atoms with Gasteiger partial charge in [0.1, 0.15) is 5.82 Å². The lowest BCUT2D eigenvalue weighted by Gasteiger charge is -2.07. The second kappa shape index (κ2) is 4.89. The molecule has 0 amide bonds. The molecule has 0 aliphatic heterocycles. The van der Waals surface area contributed by atoms with Gasteiger partial charge in [0, 0.05) is 0 Å². The SMILES string of the molecule is O=C(O)c1cccc(-c2cc(F)ccc2C(=O)O)c1. The largest absolute Gasteiger partial charge is 0.478 e. The molecule has 2 aromatic carbocycles. The fourth-order valence-electron chi connectivity index (χ4n) is 1.76. The molecule has 0 saturated carbocycles. The molecule has 0 atom stereocenters. The van der Waals surface area contributed by atoms with E-state index in [1.165, 1.54) is 24.3 Å². The quantitative estimate of drug-likeness (QED) is 0.889. The van der Waals surface area contributed by atoms with Crippen LogP contribution in [0.15, 0.2) is 42.5 Å². The number of carboxylic acids is 2. The number of rotatable bonds is 3. The van der Waals surface area contributed by atoms with Crippen LogP contribution in [0.2, 0.25) is 0 Å². The van der Waals surface area contributed by atoms with Gasteiger partial charge in [-0.3, -0.25) is 0 Å². The number of hydrogen-bond acceptors (Lipinski definition) is 2. The van der Waals surface area contributed by atoms with E-state index in [2.05, 4.69) is 0 Å². The van der Waals surface area contributed by atoms with Gasteiger partial charge in [-0.1, -0.05) is 12.1 Å². The second-order valence-corrected chi connectivity index (χ2v) is 3.88. The van der Waals surface area contributed by atoms with Crippen LogP contribution in [0.4, 0.5) is 4.39 Å². The molecule has 2 N–H and O–H groups in total. The monoisotopic (exact) mass is 260 g/mol. The lowest BCUT2D eigenvalue weighted by Crippen LogP contribution is -2.01. The summed E-state index contributed by atoms with van der Waals surface area (Å²) in [7, 11) is 0. The highest BCUT2D eigenvalue weighted by molar-refractivity contribution is 5.97. The second-order valence-electron chi connectivity index (χ2n) is 3.88. The molecule has 2 rings (SSSR count). The van der Waals surface area contributed by atoms with Crippen molar-refractivity contribution in [1.29, 1.82) is 0 Å². The van der Waals surface area contributed by atoms with E-state index in [-0.39, 0.29) is 16.7 Å². The van der Waals surface area contributed by atoms with E-state index < -0.39 is 17.8 Å². The Morgan fingerprint density at radius 2 is 1.68 bits per heavy atom. The molecule has 0 heterocycles. The van der Waals surface area contributed by atoms with Crippen molar-refractivity contribution in [2.45, 2.75) is 0 Å².